The fourth-order valence-electron chi connectivity index (χ4n) is 5.52. The Labute approximate surface area is 231 Å². The van der Waals surface area contributed by atoms with Gasteiger partial charge in [-0.05, 0) is 56.4 Å². The van der Waals surface area contributed by atoms with Gasteiger partial charge >= 0.3 is 0 Å². The van der Waals surface area contributed by atoms with Crippen molar-refractivity contribution in [3.05, 3.63) is 69.5 Å². The molecule has 1 fully saturated rings. The molecule has 5 heterocycles. The molecule has 11 heteroatoms. The Balaban J connectivity index is 1.25. The highest BCUT2D eigenvalue weighted by Crippen LogP contribution is 2.38. The third kappa shape index (κ3) is 4.86. The maximum atomic E-state index is 15.3. The summed E-state index contributed by atoms with van der Waals surface area (Å²) in [5.74, 6) is 0.191. The van der Waals surface area contributed by atoms with Crippen molar-refractivity contribution in [2.75, 3.05) is 20.2 Å². The van der Waals surface area contributed by atoms with Gasteiger partial charge < -0.3 is 19.1 Å². The van der Waals surface area contributed by atoms with E-state index in [0.29, 0.717) is 18.5 Å². The summed E-state index contributed by atoms with van der Waals surface area (Å²) >= 11 is 6.33. The highest BCUT2D eigenvalue weighted by atomic mass is 35.5. The van der Waals surface area contributed by atoms with Gasteiger partial charge in [-0.25, -0.2) is 14.4 Å². The lowest BCUT2D eigenvalue weighted by Gasteiger charge is -2.36. The van der Waals surface area contributed by atoms with Gasteiger partial charge in [0.2, 0.25) is 0 Å². The molecule has 0 saturated heterocycles. The Hall–Kier alpha value is -3.53. The number of amides is 2. The fourth-order valence-corrected chi connectivity index (χ4v) is 5.73. The Bertz CT molecular complexity index is 1460. The van der Waals surface area contributed by atoms with E-state index in [9.17, 15) is 9.59 Å². The maximum absolute atomic E-state index is 15.3. The van der Waals surface area contributed by atoms with Crippen LogP contribution < -0.4 is 4.74 Å². The molecule has 1 unspecified atom stereocenters. The number of hydrogen-bond donors (Lipinski definition) is 0. The van der Waals surface area contributed by atoms with E-state index < -0.39 is 11.9 Å². The lowest BCUT2D eigenvalue weighted by atomic mass is 9.97. The third-order valence-corrected chi connectivity index (χ3v) is 8.01. The first kappa shape index (κ1) is 25.7. The summed E-state index contributed by atoms with van der Waals surface area (Å²) in [5.41, 5.74) is 2.86. The van der Waals surface area contributed by atoms with Gasteiger partial charge in [0.1, 0.15) is 29.1 Å². The topological polar surface area (TPSA) is 93.4 Å². The molecule has 3 aromatic rings. The minimum atomic E-state index is -0.712. The molecule has 3 aliphatic rings. The number of pyridine rings is 2. The molecule has 9 nitrogen and oxygen atoms in total. The van der Waals surface area contributed by atoms with Gasteiger partial charge in [-0.3, -0.25) is 14.6 Å². The Morgan fingerprint density at radius 3 is 2.74 bits per heavy atom. The van der Waals surface area contributed by atoms with Crippen molar-refractivity contribution in [1.82, 2.24) is 29.3 Å². The second-order valence-corrected chi connectivity index (χ2v) is 10.9. The summed E-state index contributed by atoms with van der Waals surface area (Å²) in [7, 11) is 1.75. The number of halogens is 2. The molecule has 204 valence electrons. The normalized spacial score (nSPS) is 18.4. The number of carbonyl (C=O) groups is 2. The third-order valence-electron chi connectivity index (χ3n) is 7.74. The minimum Gasteiger partial charge on any atom is -0.481 e. The SMILES string of the molecule is Cc1cnc(C2c3c(nc4n3CCCC4)CCN2C(=O)COc2ccc(C(=O)N(C)C3CC3)nc2Cl)c(F)c1. The van der Waals surface area contributed by atoms with Crippen LogP contribution in [0.25, 0.3) is 0 Å². The highest BCUT2D eigenvalue weighted by Gasteiger charge is 2.39. The molecular formula is C28H30ClFN6O3. The smallest absolute Gasteiger partial charge is 0.272 e. The Morgan fingerprint density at radius 1 is 1.18 bits per heavy atom. The van der Waals surface area contributed by atoms with Gasteiger partial charge in [0.15, 0.2) is 17.5 Å². The number of ether oxygens (including phenoxy) is 1. The molecule has 0 spiro atoms. The monoisotopic (exact) mass is 552 g/mol. The van der Waals surface area contributed by atoms with Crippen LogP contribution in [0.15, 0.2) is 24.4 Å². The number of fused-ring (bicyclic) bond motifs is 3. The lowest BCUT2D eigenvalue weighted by Crippen LogP contribution is -2.44. The summed E-state index contributed by atoms with van der Waals surface area (Å²) in [6.45, 7) is 2.60. The molecule has 1 aliphatic carbocycles. The quantitative estimate of drug-likeness (QED) is 0.431. The predicted octanol–water partition coefficient (Wildman–Crippen LogP) is 3.90. The molecule has 2 aliphatic heterocycles. The minimum absolute atomic E-state index is 0.00596. The van der Waals surface area contributed by atoms with E-state index in [4.69, 9.17) is 21.3 Å². The zero-order valence-corrected chi connectivity index (χ0v) is 22.7. The summed E-state index contributed by atoms with van der Waals surface area (Å²) in [5, 5.41) is 0.00596. The standard InChI is InChI=1S/C28H30ClFN6O3/c1-16-13-18(30)24(31-14-16)26-25-19(32-22-5-3-4-11-35(22)25)10-12-36(26)23(37)15-39-21-9-8-20(33-27(21)29)28(38)34(2)17-6-7-17/h8-9,13-14,17,26H,3-7,10-12,15H2,1-2H3. The van der Waals surface area contributed by atoms with Crippen LogP contribution in [0.4, 0.5) is 4.39 Å². The van der Waals surface area contributed by atoms with Crippen molar-refractivity contribution in [3.8, 4) is 5.75 Å². The summed E-state index contributed by atoms with van der Waals surface area (Å²) in [4.78, 5) is 43.0. The van der Waals surface area contributed by atoms with Crippen LogP contribution in [0.2, 0.25) is 5.15 Å². The van der Waals surface area contributed by atoms with Crippen LogP contribution in [0, 0.1) is 12.7 Å². The van der Waals surface area contributed by atoms with E-state index in [1.165, 1.54) is 6.07 Å². The number of hydrogen-bond acceptors (Lipinski definition) is 6. The lowest BCUT2D eigenvalue weighted by molar-refractivity contribution is -0.135. The Kier molecular flexibility index (Phi) is 6.74. The zero-order chi connectivity index (χ0) is 27.3. The number of aromatic nitrogens is 4. The number of imidazole rings is 1. The molecule has 39 heavy (non-hydrogen) atoms. The summed E-state index contributed by atoms with van der Waals surface area (Å²) in [6, 6.07) is 4.08. The number of rotatable bonds is 6. The van der Waals surface area contributed by atoms with Crippen LogP contribution >= 0.6 is 11.6 Å². The van der Waals surface area contributed by atoms with Crippen molar-refractivity contribution in [3.63, 3.8) is 0 Å². The van der Waals surface area contributed by atoms with Gasteiger partial charge in [-0.2, -0.15) is 0 Å². The second-order valence-electron chi connectivity index (χ2n) is 10.5. The van der Waals surface area contributed by atoms with Crippen molar-refractivity contribution < 1.29 is 18.7 Å². The first-order valence-electron chi connectivity index (χ1n) is 13.4. The number of aryl methyl sites for hydroxylation is 2. The van der Waals surface area contributed by atoms with Gasteiger partial charge in [0.05, 0.1) is 11.4 Å². The van der Waals surface area contributed by atoms with E-state index in [1.54, 1.807) is 42.1 Å². The van der Waals surface area contributed by atoms with Crippen LogP contribution in [-0.2, 0) is 24.2 Å². The summed E-state index contributed by atoms with van der Waals surface area (Å²) < 4.78 is 23.2. The molecule has 2 amide bonds. The second kappa shape index (κ2) is 10.2. The van der Waals surface area contributed by atoms with Crippen molar-refractivity contribution >= 4 is 23.4 Å². The van der Waals surface area contributed by atoms with E-state index in [1.807, 2.05) is 0 Å². The van der Waals surface area contributed by atoms with Gasteiger partial charge in [-0.15, -0.1) is 0 Å². The van der Waals surface area contributed by atoms with Gasteiger partial charge in [0, 0.05) is 45.2 Å². The average molecular weight is 553 g/mol. The molecular weight excluding hydrogens is 523 g/mol. The largest absolute Gasteiger partial charge is 0.481 e. The highest BCUT2D eigenvalue weighted by molar-refractivity contribution is 6.31. The van der Waals surface area contributed by atoms with E-state index in [2.05, 4.69) is 14.5 Å². The number of nitrogens with zero attached hydrogens (tertiary/aromatic N) is 6. The predicted molar refractivity (Wildman–Crippen MR) is 141 cm³/mol. The first-order valence-corrected chi connectivity index (χ1v) is 13.8. The van der Waals surface area contributed by atoms with E-state index >= 15 is 4.39 Å². The van der Waals surface area contributed by atoms with E-state index in [-0.39, 0.29) is 46.8 Å². The fraction of sp³-hybridized carbons (Fsp3) is 0.464. The van der Waals surface area contributed by atoms with Crippen LogP contribution in [-0.4, -0.2) is 67.4 Å². The van der Waals surface area contributed by atoms with Crippen LogP contribution in [0.1, 0.15) is 70.7 Å². The molecule has 0 aromatic carbocycles. The average Bonchev–Trinajstić information content (AvgIpc) is 3.71. The van der Waals surface area contributed by atoms with Crippen molar-refractivity contribution in [1.29, 1.82) is 0 Å². The van der Waals surface area contributed by atoms with E-state index in [0.717, 1.165) is 55.9 Å². The van der Waals surface area contributed by atoms with Crippen LogP contribution in [0.5, 0.6) is 5.75 Å². The van der Waals surface area contributed by atoms with Crippen molar-refractivity contribution in [2.24, 2.45) is 0 Å². The Morgan fingerprint density at radius 2 is 2.00 bits per heavy atom. The zero-order valence-electron chi connectivity index (χ0n) is 22.0. The summed E-state index contributed by atoms with van der Waals surface area (Å²) in [6.07, 6.45) is 7.09. The van der Waals surface area contributed by atoms with Crippen LogP contribution in [0.3, 0.4) is 0 Å². The molecule has 0 radical (unpaired) electrons. The molecule has 6 rings (SSSR count). The molecule has 3 aromatic heterocycles. The molecule has 0 N–H and O–H groups in total. The van der Waals surface area contributed by atoms with Gasteiger partial charge in [0.25, 0.3) is 11.8 Å². The molecule has 1 atom stereocenters. The van der Waals surface area contributed by atoms with Crippen molar-refractivity contribution in [2.45, 2.75) is 64.1 Å². The maximum Gasteiger partial charge on any atom is 0.272 e. The number of carbonyl (C=O) groups excluding carboxylic acids is 2. The van der Waals surface area contributed by atoms with Gasteiger partial charge in [-0.1, -0.05) is 11.6 Å². The molecule has 1 saturated carbocycles. The first-order chi connectivity index (χ1) is 18.8. The molecule has 0 bridgehead atoms.